The molecule has 1 amide bonds. The Kier molecular flexibility index (Phi) is 6.32. The molecule has 0 N–H and O–H groups in total. The Morgan fingerprint density at radius 2 is 1.72 bits per heavy atom. The fraction of sp³-hybridized carbons (Fsp3) is 0.800. The number of anilines is 1. The van der Waals surface area contributed by atoms with E-state index >= 15 is 0 Å². The largest absolute Gasteiger partial charge is 0.469 e. The Bertz CT molecular complexity index is 734. The van der Waals surface area contributed by atoms with E-state index in [4.69, 9.17) is 4.74 Å². The van der Waals surface area contributed by atoms with Crippen molar-refractivity contribution in [1.82, 2.24) is 19.7 Å². The van der Waals surface area contributed by atoms with Gasteiger partial charge in [0.2, 0.25) is 11.9 Å². The summed E-state index contributed by atoms with van der Waals surface area (Å²) in [6.07, 6.45) is 6.08. The van der Waals surface area contributed by atoms with Crippen molar-refractivity contribution in [1.29, 1.82) is 0 Å². The number of ether oxygens (including phenoxy) is 1. The molecule has 2 aliphatic heterocycles. The summed E-state index contributed by atoms with van der Waals surface area (Å²) in [5.41, 5.74) is 0. The first kappa shape index (κ1) is 20.5. The van der Waals surface area contributed by atoms with E-state index < -0.39 is 0 Å². The van der Waals surface area contributed by atoms with Crippen LogP contribution in [0, 0.1) is 11.8 Å². The van der Waals surface area contributed by atoms with Crippen molar-refractivity contribution in [2.24, 2.45) is 11.8 Å². The number of carbonyl (C=O) groups excluding carboxylic acids is 2. The van der Waals surface area contributed by atoms with Crippen molar-refractivity contribution >= 4 is 29.6 Å². The molecule has 29 heavy (non-hydrogen) atoms. The van der Waals surface area contributed by atoms with Gasteiger partial charge >= 0.3 is 5.97 Å². The highest BCUT2D eigenvalue weighted by atomic mass is 32.2. The van der Waals surface area contributed by atoms with E-state index in [1.54, 1.807) is 0 Å². The predicted molar refractivity (Wildman–Crippen MR) is 111 cm³/mol. The quantitative estimate of drug-likeness (QED) is 0.515. The highest BCUT2D eigenvalue weighted by Crippen LogP contribution is 2.41. The monoisotopic (exact) mass is 421 g/mol. The lowest BCUT2D eigenvalue weighted by molar-refractivity contribution is -0.148. The van der Waals surface area contributed by atoms with Gasteiger partial charge in [-0.05, 0) is 44.4 Å². The number of aromatic nitrogens is 3. The third-order valence-electron chi connectivity index (χ3n) is 6.33. The van der Waals surface area contributed by atoms with Gasteiger partial charge in [-0.1, -0.05) is 18.7 Å². The van der Waals surface area contributed by atoms with E-state index in [-0.39, 0.29) is 17.8 Å². The van der Waals surface area contributed by atoms with Gasteiger partial charge in [0.15, 0.2) is 5.16 Å². The zero-order valence-corrected chi connectivity index (χ0v) is 18.2. The minimum absolute atomic E-state index is 0.0792. The highest BCUT2D eigenvalue weighted by molar-refractivity contribution is 7.99. The van der Waals surface area contributed by atoms with Crippen molar-refractivity contribution in [2.75, 3.05) is 43.9 Å². The second-order valence-corrected chi connectivity index (χ2v) is 9.46. The summed E-state index contributed by atoms with van der Waals surface area (Å²) in [5, 5.41) is 9.79. The van der Waals surface area contributed by atoms with Crippen LogP contribution in [0.2, 0.25) is 0 Å². The Morgan fingerprint density at radius 1 is 1.03 bits per heavy atom. The minimum Gasteiger partial charge on any atom is -0.469 e. The van der Waals surface area contributed by atoms with E-state index in [0.29, 0.717) is 37.7 Å². The fourth-order valence-electron chi connectivity index (χ4n) is 4.19. The standard InChI is InChI=1S/C20H31N5O3S/c1-14-5-9-24(10-6-14)19-21-22-20(25(19)16-3-4-16)29-13-17(26)23-11-7-15(8-12-23)18(27)28-2/h14-16H,3-13H2,1-2H3. The van der Waals surface area contributed by atoms with Gasteiger partial charge in [-0.25, -0.2) is 0 Å². The summed E-state index contributed by atoms with van der Waals surface area (Å²) in [4.78, 5) is 28.6. The lowest BCUT2D eigenvalue weighted by Crippen LogP contribution is -2.41. The van der Waals surface area contributed by atoms with Crippen LogP contribution in [0.3, 0.4) is 0 Å². The molecule has 160 valence electrons. The number of esters is 1. The number of methoxy groups -OCH3 is 1. The Balaban J connectivity index is 1.34. The third-order valence-corrected chi connectivity index (χ3v) is 7.26. The van der Waals surface area contributed by atoms with Gasteiger partial charge in [-0.15, -0.1) is 10.2 Å². The summed E-state index contributed by atoms with van der Waals surface area (Å²) in [6, 6.07) is 0.479. The van der Waals surface area contributed by atoms with Crippen LogP contribution in [-0.4, -0.2) is 70.6 Å². The first-order valence-corrected chi connectivity index (χ1v) is 11.7. The number of thioether (sulfide) groups is 1. The van der Waals surface area contributed by atoms with Crippen molar-refractivity contribution < 1.29 is 14.3 Å². The van der Waals surface area contributed by atoms with Gasteiger partial charge < -0.3 is 14.5 Å². The van der Waals surface area contributed by atoms with Gasteiger partial charge in [0, 0.05) is 32.2 Å². The van der Waals surface area contributed by atoms with E-state index in [9.17, 15) is 9.59 Å². The number of amides is 1. The minimum atomic E-state index is -0.163. The normalized spacial score (nSPS) is 21.4. The molecule has 1 aromatic rings. The third kappa shape index (κ3) is 4.70. The van der Waals surface area contributed by atoms with E-state index in [1.165, 1.54) is 31.7 Å². The van der Waals surface area contributed by atoms with Crippen LogP contribution in [0.5, 0.6) is 0 Å². The Labute approximate surface area is 176 Å². The summed E-state index contributed by atoms with van der Waals surface area (Å²) in [6.45, 7) is 5.61. The van der Waals surface area contributed by atoms with Crippen LogP contribution in [0.4, 0.5) is 5.95 Å². The molecule has 0 atom stereocenters. The first-order valence-electron chi connectivity index (χ1n) is 10.7. The van der Waals surface area contributed by atoms with Gasteiger partial charge in [0.25, 0.3) is 0 Å². The first-order chi connectivity index (χ1) is 14.1. The molecule has 3 aliphatic rings. The second-order valence-electron chi connectivity index (χ2n) is 8.52. The molecule has 0 unspecified atom stereocenters. The average Bonchev–Trinajstić information content (AvgIpc) is 3.51. The fourth-order valence-corrected chi connectivity index (χ4v) is 5.10. The van der Waals surface area contributed by atoms with E-state index in [2.05, 4.69) is 26.6 Å². The molecule has 3 fully saturated rings. The lowest BCUT2D eigenvalue weighted by Gasteiger charge is -2.31. The summed E-state index contributed by atoms with van der Waals surface area (Å²) in [7, 11) is 1.42. The Hall–Kier alpha value is -1.77. The van der Waals surface area contributed by atoms with Crippen molar-refractivity contribution in [3.05, 3.63) is 0 Å². The van der Waals surface area contributed by atoms with Gasteiger partial charge in [-0.2, -0.15) is 0 Å². The summed E-state index contributed by atoms with van der Waals surface area (Å²) < 4.78 is 7.08. The molecule has 1 saturated carbocycles. The molecule has 1 aromatic heterocycles. The highest BCUT2D eigenvalue weighted by Gasteiger charge is 2.33. The molecular formula is C20H31N5O3S. The maximum atomic E-state index is 12.7. The van der Waals surface area contributed by atoms with E-state index in [1.807, 2.05) is 4.90 Å². The molecule has 0 radical (unpaired) electrons. The molecule has 2 saturated heterocycles. The van der Waals surface area contributed by atoms with Gasteiger partial charge in [0.05, 0.1) is 18.8 Å². The second kappa shape index (κ2) is 8.93. The van der Waals surface area contributed by atoms with Crippen LogP contribution in [0.1, 0.15) is 51.5 Å². The maximum Gasteiger partial charge on any atom is 0.308 e. The topological polar surface area (TPSA) is 80.6 Å². The summed E-state index contributed by atoms with van der Waals surface area (Å²) in [5.74, 6) is 1.99. The molecule has 3 heterocycles. The number of piperidine rings is 2. The molecule has 0 aromatic carbocycles. The number of nitrogens with zero attached hydrogens (tertiary/aromatic N) is 5. The number of likely N-dealkylation sites (tertiary alicyclic amines) is 1. The molecular weight excluding hydrogens is 390 g/mol. The van der Waals surface area contributed by atoms with Crippen LogP contribution >= 0.6 is 11.8 Å². The molecule has 0 spiro atoms. The van der Waals surface area contributed by atoms with Crippen LogP contribution < -0.4 is 4.90 Å². The maximum absolute atomic E-state index is 12.7. The SMILES string of the molecule is COC(=O)C1CCN(C(=O)CSc2nnc(N3CCC(C)CC3)n2C2CC2)CC1. The smallest absolute Gasteiger partial charge is 0.308 e. The van der Waals surface area contributed by atoms with Crippen LogP contribution in [-0.2, 0) is 14.3 Å². The number of hydrogen-bond donors (Lipinski definition) is 0. The van der Waals surface area contributed by atoms with Crippen molar-refractivity contribution in [3.63, 3.8) is 0 Å². The number of hydrogen-bond acceptors (Lipinski definition) is 7. The van der Waals surface area contributed by atoms with Gasteiger partial charge in [-0.3, -0.25) is 14.2 Å². The molecule has 9 heteroatoms. The molecule has 4 rings (SSSR count). The molecule has 0 bridgehead atoms. The van der Waals surface area contributed by atoms with Crippen molar-refractivity contribution in [2.45, 2.75) is 56.6 Å². The van der Waals surface area contributed by atoms with Crippen LogP contribution in [0.25, 0.3) is 0 Å². The average molecular weight is 422 g/mol. The van der Waals surface area contributed by atoms with Crippen LogP contribution in [0.15, 0.2) is 5.16 Å². The Morgan fingerprint density at radius 3 is 2.34 bits per heavy atom. The molecule has 1 aliphatic carbocycles. The van der Waals surface area contributed by atoms with Crippen molar-refractivity contribution in [3.8, 4) is 0 Å². The van der Waals surface area contributed by atoms with E-state index in [0.717, 1.165) is 43.0 Å². The number of rotatable bonds is 6. The lowest BCUT2D eigenvalue weighted by atomic mass is 9.97. The summed E-state index contributed by atoms with van der Waals surface area (Å²) >= 11 is 1.49. The predicted octanol–water partition coefficient (Wildman–Crippen LogP) is 2.35. The zero-order valence-electron chi connectivity index (χ0n) is 17.4. The molecule has 8 nitrogen and oxygen atoms in total. The number of carbonyl (C=O) groups is 2. The van der Waals surface area contributed by atoms with Gasteiger partial charge in [0.1, 0.15) is 0 Å². The zero-order chi connectivity index (χ0) is 20.4.